The molecule has 1 N–H and O–H groups in total. The van der Waals surface area contributed by atoms with Crippen molar-refractivity contribution in [3.8, 4) is 0 Å². The second kappa shape index (κ2) is 4.17. The van der Waals surface area contributed by atoms with Crippen LogP contribution in [0.4, 0.5) is 4.79 Å². The van der Waals surface area contributed by atoms with Crippen LogP contribution in [-0.4, -0.2) is 29.8 Å². The van der Waals surface area contributed by atoms with E-state index >= 15 is 0 Å². The molecular formula is C10H20N2O2. The normalized spacial score (nSPS) is 23.6. The summed E-state index contributed by atoms with van der Waals surface area (Å²) in [6.45, 7) is 9.59. The van der Waals surface area contributed by atoms with Crippen molar-refractivity contribution in [1.29, 1.82) is 0 Å². The van der Waals surface area contributed by atoms with Crippen LogP contribution in [0.3, 0.4) is 0 Å². The van der Waals surface area contributed by atoms with Crippen LogP contribution < -0.4 is 5.43 Å². The summed E-state index contributed by atoms with van der Waals surface area (Å²) in [5.41, 5.74) is 2.32. The van der Waals surface area contributed by atoms with Gasteiger partial charge in [0.25, 0.3) is 0 Å². The van der Waals surface area contributed by atoms with E-state index in [1.807, 2.05) is 25.8 Å². The zero-order valence-corrected chi connectivity index (χ0v) is 9.46. The molecule has 82 valence electrons. The molecule has 1 amide bonds. The van der Waals surface area contributed by atoms with Gasteiger partial charge in [0.15, 0.2) is 0 Å². The van der Waals surface area contributed by atoms with Gasteiger partial charge in [0.05, 0.1) is 0 Å². The first-order chi connectivity index (χ1) is 6.37. The molecule has 4 heteroatoms. The number of carbonyl (C=O) groups excluding carboxylic acids is 1. The molecule has 0 aromatic heterocycles. The highest BCUT2D eigenvalue weighted by atomic mass is 16.6. The number of rotatable bonds is 1. The molecule has 1 atom stereocenters. The largest absolute Gasteiger partial charge is 0.443 e. The third-order valence-corrected chi connectivity index (χ3v) is 2.07. The van der Waals surface area contributed by atoms with Gasteiger partial charge < -0.3 is 4.74 Å². The topological polar surface area (TPSA) is 41.6 Å². The molecule has 1 aliphatic heterocycles. The lowest BCUT2D eigenvalue weighted by atomic mass is 10.2. The summed E-state index contributed by atoms with van der Waals surface area (Å²) < 4.78 is 5.14. The zero-order valence-electron chi connectivity index (χ0n) is 9.46. The van der Waals surface area contributed by atoms with E-state index < -0.39 is 5.60 Å². The van der Waals surface area contributed by atoms with Crippen molar-refractivity contribution in [2.24, 2.45) is 5.92 Å². The maximum absolute atomic E-state index is 11.3. The highest BCUT2D eigenvalue weighted by Gasteiger charge is 2.22. The number of nitrogens with one attached hydrogen (secondary N) is 1. The smallest absolute Gasteiger partial charge is 0.422 e. The Morgan fingerprint density at radius 3 is 2.57 bits per heavy atom. The lowest BCUT2D eigenvalue weighted by Gasteiger charge is -2.23. The van der Waals surface area contributed by atoms with Gasteiger partial charge >= 0.3 is 6.09 Å². The Kier molecular flexibility index (Phi) is 3.37. The van der Waals surface area contributed by atoms with Crippen LogP contribution in [0.15, 0.2) is 0 Å². The second-order valence-corrected chi connectivity index (χ2v) is 4.95. The zero-order chi connectivity index (χ0) is 10.8. The molecule has 4 nitrogen and oxygen atoms in total. The van der Waals surface area contributed by atoms with Gasteiger partial charge in [-0.2, -0.15) is 0 Å². The number of hydrazine groups is 1. The van der Waals surface area contributed by atoms with Gasteiger partial charge in [-0.3, -0.25) is 5.43 Å². The first-order valence-corrected chi connectivity index (χ1v) is 5.11. The van der Waals surface area contributed by atoms with Gasteiger partial charge in [-0.15, -0.1) is 0 Å². The Morgan fingerprint density at radius 2 is 2.14 bits per heavy atom. The van der Waals surface area contributed by atoms with Crippen molar-refractivity contribution in [3.63, 3.8) is 0 Å². The summed E-state index contributed by atoms with van der Waals surface area (Å²) >= 11 is 0. The molecule has 1 saturated heterocycles. The molecule has 0 bridgehead atoms. The van der Waals surface area contributed by atoms with Gasteiger partial charge in [0, 0.05) is 13.1 Å². The summed E-state index contributed by atoms with van der Waals surface area (Å²) in [6.07, 6.45) is 0.780. The first-order valence-electron chi connectivity index (χ1n) is 5.11. The Hall–Kier alpha value is -0.770. The predicted molar refractivity (Wildman–Crippen MR) is 54.7 cm³/mol. The Morgan fingerprint density at radius 1 is 1.50 bits per heavy atom. The van der Waals surface area contributed by atoms with Crippen molar-refractivity contribution in [2.45, 2.75) is 39.7 Å². The minimum Gasteiger partial charge on any atom is -0.443 e. The van der Waals surface area contributed by atoms with E-state index in [9.17, 15) is 4.79 Å². The first kappa shape index (κ1) is 11.3. The van der Waals surface area contributed by atoms with E-state index in [4.69, 9.17) is 4.74 Å². The summed E-state index contributed by atoms with van der Waals surface area (Å²) in [7, 11) is 0. The third-order valence-electron chi connectivity index (χ3n) is 2.07. The van der Waals surface area contributed by atoms with Crippen LogP contribution in [0, 0.1) is 5.92 Å². The molecule has 0 aromatic rings. The maximum atomic E-state index is 11.3. The van der Waals surface area contributed by atoms with Crippen LogP contribution in [0.1, 0.15) is 34.1 Å². The summed E-state index contributed by atoms with van der Waals surface area (Å²) in [6, 6.07) is 0. The highest BCUT2D eigenvalue weighted by molar-refractivity contribution is 5.67. The average molecular weight is 200 g/mol. The number of amides is 1. The summed E-state index contributed by atoms with van der Waals surface area (Å²) in [5.74, 6) is 0.657. The van der Waals surface area contributed by atoms with Crippen LogP contribution in [0.2, 0.25) is 0 Å². The van der Waals surface area contributed by atoms with Crippen molar-refractivity contribution in [1.82, 2.24) is 10.4 Å². The minimum absolute atomic E-state index is 0.355. The number of carbonyl (C=O) groups is 1. The molecule has 1 heterocycles. The molecule has 0 aromatic carbocycles. The Bertz CT molecular complexity index is 211. The number of ether oxygens (including phenoxy) is 1. The van der Waals surface area contributed by atoms with Crippen LogP contribution in [-0.2, 0) is 4.74 Å². The molecule has 14 heavy (non-hydrogen) atoms. The molecule has 0 aliphatic carbocycles. The highest BCUT2D eigenvalue weighted by Crippen LogP contribution is 2.13. The van der Waals surface area contributed by atoms with E-state index in [0.29, 0.717) is 5.92 Å². The van der Waals surface area contributed by atoms with E-state index in [-0.39, 0.29) is 6.09 Å². The quantitative estimate of drug-likeness (QED) is 0.701. The molecule has 1 rings (SSSR count). The average Bonchev–Trinajstić information content (AvgIpc) is 2.30. The number of hydrogen-bond acceptors (Lipinski definition) is 3. The second-order valence-electron chi connectivity index (χ2n) is 4.95. The lowest BCUT2D eigenvalue weighted by Crippen LogP contribution is -2.43. The van der Waals surface area contributed by atoms with Gasteiger partial charge in [0.2, 0.25) is 0 Å². The fraction of sp³-hybridized carbons (Fsp3) is 0.900. The van der Waals surface area contributed by atoms with Crippen molar-refractivity contribution in [3.05, 3.63) is 0 Å². The fourth-order valence-electron chi connectivity index (χ4n) is 1.47. The fourth-order valence-corrected chi connectivity index (χ4v) is 1.47. The van der Waals surface area contributed by atoms with Crippen molar-refractivity contribution >= 4 is 6.09 Å². The maximum Gasteiger partial charge on any atom is 0.422 e. The molecule has 0 unspecified atom stereocenters. The summed E-state index contributed by atoms with van der Waals surface area (Å²) in [5, 5.41) is 1.92. The standard InChI is InChI=1S/C10H20N2O2/c1-8-5-6-12(7-8)11-9(13)14-10(2,3)4/h8H,5-7H2,1-4H3,(H,11,13)/t8-/m1/s1. The third kappa shape index (κ3) is 3.96. The molecule has 1 aliphatic rings. The lowest BCUT2D eigenvalue weighted by molar-refractivity contribution is 0.0361. The predicted octanol–water partition coefficient (Wildman–Crippen LogP) is 1.77. The number of nitrogens with zero attached hydrogens (tertiary/aromatic N) is 1. The van der Waals surface area contributed by atoms with Crippen LogP contribution in [0.25, 0.3) is 0 Å². The van der Waals surface area contributed by atoms with Gasteiger partial charge in [-0.05, 0) is 33.1 Å². The molecule has 1 fully saturated rings. The van der Waals surface area contributed by atoms with E-state index in [2.05, 4.69) is 12.3 Å². The Balaban J connectivity index is 2.27. The van der Waals surface area contributed by atoms with Crippen molar-refractivity contribution < 1.29 is 9.53 Å². The van der Waals surface area contributed by atoms with Crippen LogP contribution >= 0.6 is 0 Å². The van der Waals surface area contributed by atoms with E-state index in [1.165, 1.54) is 0 Å². The minimum atomic E-state index is -0.421. The van der Waals surface area contributed by atoms with Gasteiger partial charge in [-0.25, -0.2) is 9.80 Å². The summed E-state index contributed by atoms with van der Waals surface area (Å²) in [4.78, 5) is 11.3. The monoisotopic (exact) mass is 200 g/mol. The molecular weight excluding hydrogens is 180 g/mol. The van der Waals surface area contributed by atoms with Gasteiger partial charge in [0.1, 0.15) is 5.60 Å². The SMILES string of the molecule is C[C@@H]1CCN(NC(=O)OC(C)(C)C)C1. The molecule has 0 radical (unpaired) electrons. The molecule has 0 spiro atoms. The number of hydrogen-bond donors (Lipinski definition) is 1. The van der Waals surface area contributed by atoms with E-state index in [1.54, 1.807) is 0 Å². The van der Waals surface area contributed by atoms with E-state index in [0.717, 1.165) is 19.5 Å². The van der Waals surface area contributed by atoms with Crippen LogP contribution in [0.5, 0.6) is 0 Å². The van der Waals surface area contributed by atoms with Gasteiger partial charge in [-0.1, -0.05) is 6.92 Å². The Labute approximate surface area is 85.6 Å². The molecule has 0 saturated carbocycles. The van der Waals surface area contributed by atoms with Crippen molar-refractivity contribution in [2.75, 3.05) is 13.1 Å².